The lowest BCUT2D eigenvalue weighted by molar-refractivity contribution is 0.812. The standard InChI is InChI=1S/C18H21N5.HI/c1-3-13-7-6-8-14(11-13)21-18(19)20-12-17-22-15-9-4-5-10-16(15)23(17)2;/h4-11H,3,12H2,1-2H3,(H3,19,20,21);1H. The molecule has 3 rings (SSSR count). The number of nitrogens with two attached hydrogens (primary N) is 1. The first-order valence-corrected chi connectivity index (χ1v) is 7.73. The smallest absolute Gasteiger partial charge is 0.193 e. The molecule has 0 aliphatic heterocycles. The molecule has 2 aromatic carbocycles. The minimum atomic E-state index is 0. The van der Waals surface area contributed by atoms with Crippen molar-refractivity contribution in [3.63, 3.8) is 0 Å². The number of imidazole rings is 1. The molecule has 126 valence electrons. The minimum absolute atomic E-state index is 0. The van der Waals surface area contributed by atoms with Crippen molar-refractivity contribution in [3.05, 3.63) is 59.9 Å². The van der Waals surface area contributed by atoms with Gasteiger partial charge in [0, 0.05) is 12.7 Å². The second kappa shape index (κ2) is 8.14. The van der Waals surface area contributed by atoms with Crippen LogP contribution >= 0.6 is 24.0 Å². The van der Waals surface area contributed by atoms with E-state index in [0.717, 1.165) is 29.0 Å². The molecule has 0 unspecified atom stereocenters. The number of anilines is 1. The van der Waals surface area contributed by atoms with E-state index in [0.29, 0.717) is 12.5 Å². The Morgan fingerprint density at radius 1 is 1.21 bits per heavy atom. The van der Waals surface area contributed by atoms with E-state index in [9.17, 15) is 0 Å². The van der Waals surface area contributed by atoms with Crippen molar-refractivity contribution in [2.75, 3.05) is 5.32 Å². The maximum absolute atomic E-state index is 5.99. The van der Waals surface area contributed by atoms with Crippen LogP contribution < -0.4 is 11.1 Å². The van der Waals surface area contributed by atoms with Crippen molar-refractivity contribution < 1.29 is 0 Å². The molecule has 6 heteroatoms. The van der Waals surface area contributed by atoms with Crippen LogP contribution in [0.3, 0.4) is 0 Å². The summed E-state index contributed by atoms with van der Waals surface area (Å²) in [5.74, 6) is 1.28. The molecule has 3 aromatic rings. The molecule has 0 bridgehead atoms. The normalized spacial score (nSPS) is 11.3. The lowest BCUT2D eigenvalue weighted by atomic mass is 10.1. The zero-order chi connectivity index (χ0) is 16.2. The monoisotopic (exact) mass is 435 g/mol. The molecule has 0 saturated heterocycles. The number of hydrogen-bond acceptors (Lipinski definition) is 2. The van der Waals surface area contributed by atoms with Gasteiger partial charge in [0.2, 0.25) is 0 Å². The first-order chi connectivity index (χ1) is 11.2. The molecule has 1 heterocycles. The number of fused-ring (bicyclic) bond motifs is 1. The Bertz CT molecular complexity index is 853. The summed E-state index contributed by atoms with van der Waals surface area (Å²) in [6, 6.07) is 16.2. The van der Waals surface area contributed by atoms with Crippen LogP contribution in [0.4, 0.5) is 5.69 Å². The van der Waals surface area contributed by atoms with Crippen LogP contribution in [0.15, 0.2) is 53.5 Å². The summed E-state index contributed by atoms with van der Waals surface area (Å²) in [4.78, 5) is 8.99. The molecular formula is C18H22IN5. The van der Waals surface area contributed by atoms with Gasteiger partial charge in [-0.1, -0.05) is 31.2 Å². The largest absolute Gasteiger partial charge is 0.370 e. The molecule has 0 fully saturated rings. The van der Waals surface area contributed by atoms with Gasteiger partial charge in [-0.05, 0) is 36.2 Å². The van der Waals surface area contributed by atoms with Crippen molar-refractivity contribution >= 4 is 46.7 Å². The summed E-state index contributed by atoms with van der Waals surface area (Å²) in [6.45, 7) is 2.57. The Balaban J connectivity index is 0.00000208. The Morgan fingerprint density at radius 3 is 2.75 bits per heavy atom. The lowest BCUT2D eigenvalue weighted by Gasteiger charge is -2.07. The summed E-state index contributed by atoms with van der Waals surface area (Å²) in [6.07, 6.45) is 0.992. The van der Waals surface area contributed by atoms with Crippen molar-refractivity contribution in [2.45, 2.75) is 19.9 Å². The van der Waals surface area contributed by atoms with Crippen molar-refractivity contribution in [2.24, 2.45) is 17.8 Å². The van der Waals surface area contributed by atoms with Gasteiger partial charge in [0.05, 0.1) is 11.0 Å². The zero-order valence-electron chi connectivity index (χ0n) is 13.9. The Labute approximate surface area is 159 Å². The number of para-hydroxylation sites is 2. The highest BCUT2D eigenvalue weighted by atomic mass is 127. The van der Waals surface area contributed by atoms with Gasteiger partial charge in [-0.15, -0.1) is 24.0 Å². The third-order valence-corrected chi connectivity index (χ3v) is 3.88. The predicted octanol–water partition coefficient (Wildman–Crippen LogP) is 3.68. The molecule has 0 amide bonds. The molecule has 0 atom stereocenters. The Hall–Kier alpha value is -2.09. The van der Waals surface area contributed by atoms with E-state index in [1.54, 1.807) is 0 Å². The number of guanidine groups is 1. The van der Waals surface area contributed by atoms with Gasteiger partial charge in [0.25, 0.3) is 0 Å². The fourth-order valence-corrected chi connectivity index (χ4v) is 2.55. The summed E-state index contributed by atoms with van der Waals surface area (Å²) < 4.78 is 2.05. The number of aryl methyl sites for hydroxylation is 2. The fraction of sp³-hybridized carbons (Fsp3) is 0.222. The summed E-state index contributed by atoms with van der Waals surface area (Å²) in [5, 5.41) is 3.13. The zero-order valence-corrected chi connectivity index (χ0v) is 16.2. The van der Waals surface area contributed by atoms with Gasteiger partial charge in [-0.25, -0.2) is 9.98 Å². The van der Waals surface area contributed by atoms with E-state index in [1.807, 2.05) is 48.0 Å². The van der Waals surface area contributed by atoms with Gasteiger partial charge < -0.3 is 15.6 Å². The van der Waals surface area contributed by atoms with E-state index >= 15 is 0 Å². The molecule has 0 aliphatic rings. The van der Waals surface area contributed by atoms with Gasteiger partial charge in [0.15, 0.2) is 5.96 Å². The van der Waals surface area contributed by atoms with Gasteiger partial charge in [-0.3, -0.25) is 0 Å². The second-order valence-corrected chi connectivity index (χ2v) is 5.46. The van der Waals surface area contributed by atoms with Crippen LogP contribution in [0, 0.1) is 0 Å². The lowest BCUT2D eigenvalue weighted by Crippen LogP contribution is -2.22. The highest BCUT2D eigenvalue weighted by molar-refractivity contribution is 14.0. The van der Waals surface area contributed by atoms with Crippen LogP contribution in [0.25, 0.3) is 11.0 Å². The van der Waals surface area contributed by atoms with Crippen LogP contribution in [0.1, 0.15) is 18.3 Å². The molecule has 0 aliphatic carbocycles. The first kappa shape index (κ1) is 18.3. The second-order valence-electron chi connectivity index (χ2n) is 5.46. The molecule has 0 spiro atoms. The van der Waals surface area contributed by atoms with Crippen LogP contribution in [0.5, 0.6) is 0 Å². The van der Waals surface area contributed by atoms with E-state index in [4.69, 9.17) is 5.73 Å². The molecular weight excluding hydrogens is 413 g/mol. The van der Waals surface area contributed by atoms with Crippen LogP contribution in [-0.2, 0) is 20.0 Å². The van der Waals surface area contributed by atoms with Crippen LogP contribution in [0.2, 0.25) is 0 Å². The highest BCUT2D eigenvalue weighted by Crippen LogP contribution is 2.15. The SMILES string of the molecule is CCc1cccc(NC(N)=NCc2nc3ccccc3n2C)c1.I. The predicted molar refractivity (Wildman–Crippen MR) is 111 cm³/mol. The average Bonchev–Trinajstić information content (AvgIpc) is 2.90. The minimum Gasteiger partial charge on any atom is -0.370 e. The van der Waals surface area contributed by atoms with Gasteiger partial charge in [0.1, 0.15) is 12.4 Å². The third-order valence-electron chi connectivity index (χ3n) is 3.88. The first-order valence-electron chi connectivity index (χ1n) is 7.73. The maximum atomic E-state index is 5.99. The van der Waals surface area contributed by atoms with E-state index < -0.39 is 0 Å². The number of nitrogens with one attached hydrogen (secondary N) is 1. The quantitative estimate of drug-likeness (QED) is 0.373. The Morgan fingerprint density at radius 2 is 2.00 bits per heavy atom. The number of benzene rings is 2. The van der Waals surface area contributed by atoms with Crippen molar-refractivity contribution in [1.82, 2.24) is 9.55 Å². The van der Waals surface area contributed by atoms with E-state index in [1.165, 1.54) is 5.56 Å². The molecule has 3 N–H and O–H groups in total. The molecule has 5 nitrogen and oxygen atoms in total. The summed E-state index contributed by atoms with van der Waals surface area (Å²) in [7, 11) is 1.99. The Kier molecular flexibility index (Phi) is 6.19. The summed E-state index contributed by atoms with van der Waals surface area (Å²) >= 11 is 0. The van der Waals surface area contributed by atoms with E-state index in [2.05, 4.69) is 34.3 Å². The molecule has 24 heavy (non-hydrogen) atoms. The number of aromatic nitrogens is 2. The number of halogens is 1. The van der Waals surface area contributed by atoms with Crippen LogP contribution in [-0.4, -0.2) is 15.5 Å². The number of aliphatic imine (C=N–C) groups is 1. The number of rotatable bonds is 4. The molecule has 0 saturated carbocycles. The van der Waals surface area contributed by atoms with E-state index in [-0.39, 0.29) is 24.0 Å². The average molecular weight is 435 g/mol. The van der Waals surface area contributed by atoms with Crippen molar-refractivity contribution in [1.29, 1.82) is 0 Å². The third kappa shape index (κ3) is 4.05. The topological polar surface area (TPSA) is 68.2 Å². The van der Waals surface area contributed by atoms with Gasteiger partial charge in [-0.2, -0.15) is 0 Å². The molecule has 0 radical (unpaired) electrons. The summed E-state index contributed by atoms with van der Waals surface area (Å²) in [5.41, 5.74) is 10.3. The maximum Gasteiger partial charge on any atom is 0.193 e. The van der Waals surface area contributed by atoms with Gasteiger partial charge >= 0.3 is 0 Å². The molecule has 1 aromatic heterocycles. The highest BCUT2D eigenvalue weighted by Gasteiger charge is 2.06. The van der Waals surface area contributed by atoms with Crippen molar-refractivity contribution in [3.8, 4) is 0 Å². The number of nitrogens with zero attached hydrogens (tertiary/aromatic N) is 3. The number of hydrogen-bond donors (Lipinski definition) is 2. The fourth-order valence-electron chi connectivity index (χ4n) is 2.55.